The van der Waals surface area contributed by atoms with Gasteiger partial charge in [-0.25, -0.2) is 0 Å². The molecule has 2 aliphatic rings. The molecule has 1 fully saturated rings. The highest BCUT2D eigenvalue weighted by Gasteiger charge is 2.26. The molecular weight excluding hydrogens is 388 g/mol. The molecular formula is C25H34N4O2. The third-order valence-electron chi connectivity index (χ3n) is 6.48. The van der Waals surface area contributed by atoms with Crippen LogP contribution in [0.15, 0.2) is 42.5 Å². The second kappa shape index (κ2) is 9.71. The first-order valence-electron chi connectivity index (χ1n) is 11.3. The van der Waals surface area contributed by atoms with Crippen LogP contribution in [0.2, 0.25) is 0 Å². The Labute approximate surface area is 185 Å². The molecule has 6 nitrogen and oxygen atoms in total. The van der Waals surface area contributed by atoms with E-state index in [9.17, 15) is 4.79 Å². The van der Waals surface area contributed by atoms with Crippen molar-refractivity contribution in [2.45, 2.75) is 19.4 Å². The molecule has 1 unspecified atom stereocenters. The molecule has 1 atom stereocenters. The number of rotatable bonds is 7. The number of nitrogens with zero attached hydrogens (tertiary/aromatic N) is 3. The number of piperazine rings is 1. The van der Waals surface area contributed by atoms with Crippen LogP contribution in [0, 0.1) is 0 Å². The highest BCUT2D eigenvalue weighted by Crippen LogP contribution is 2.31. The molecule has 4 rings (SSSR count). The Bertz CT molecular complexity index is 908. The number of ether oxygens (including phenoxy) is 1. The van der Waals surface area contributed by atoms with Gasteiger partial charge in [0.1, 0.15) is 5.75 Å². The minimum absolute atomic E-state index is 0.0796. The van der Waals surface area contributed by atoms with E-state index < -0.39 is 0 Å². The van der Waals surface area contributed by atoms with E-state index in [4.69, 9.17) is 4.74 Å². The maximum Gasteiger partial charge on any atom is 0.255 e. The van der Waals surface area contributed by atoms with Crippen molar-refractivity contribution in [3.63, 3.8) is 0 Å². The van der Waals surface area contributed by atoms with Gasteiger partial charge < -0.3 is 19.9 Å². The van der Waals surface area contributed by atoms with E-state index in [1.54, 1.807) is 0 Å². The van der Waals surface area contributed by atoms with Crippen molar-refractivity contribution in [3.05, 3.63) is 59.2 Å². The largest absolute Gasteiger partial charge is 0.493 e. The van der Waals surface area contributed by atoms with Gasteiger partial charge in [0.25, 0.3) is 5.91 Å². The molecule has 0 aromatic heterocycles. The Balaban J connectivity index is 1.54. The molecule has 166 valence electrons. The Morgan fingerprint density at radius 3 is 2.61 bits per heavy atom. The lowest BCUT2D eigenvalue weighted by Gasteiger charge is -2.38. The average molecular weight is 423 g/mol. The van der Waals surface area contributed by atoms with Gasteiger partial charge in [-0.1, -0.05) is 24.3 Å². The van der Waals surface area contributed by atoms with Crippen LogP contribution in [0.1, 0.15) is 34.5 Å². The number of likely N-dealkylation sites (N-methyl/N-ethyl adjacent to an activating group) is 2. The Kier molecular flexibility index (Phi) is 6.78. The van der Waals surface area contributed by atoms with Gasteiger partial charge in [0.05, 0.1) is 18.2 Å². The first-order valence-corrected chi connectivity index (χ1v) is 11.3. The number of fused-ring (bicyclic) bond motifs is 1. The molecule has 2 aromatic carbocycles. The predicted molar refractivity (Wildman–Crippen MR) is 125 cm³/mol. The predicted octanol–water partition coefficient (Wildman–Crippen LogP) is 2.80. The van der Waals surface area contributed by atoms with Gasteiger partial charge in [-0.3, -0.25) is 9.69 Å². The second-order valence-electron chi connectivity index (χ2n) is 8.55. The van der Waals surface area contributed by atoms with Crippen molar-refractivity contribution in [2.24, 2.45) is 0 Å². The molecule has 2 aliphatic heterocycles. The standard InChI is InChI=1S/C25H34N4O2/c1-4-31-24-8-6-5-7-21(24)25(30)26-18-23(29-15-13-27(2)14-16-29)19-9-10-22-20(17-19)11-12-28(22)3/h5-10,17,23H,4,11-16,18H2,1-3H3,(H,26,30). The van der Waals surface area contributed by atoms with E-state index >= 15 is 0 Å². The van der Waals surface area contributed by atoms with Crippen LogP contribution >= 0.6 is 0 Å². The van der Waals surface area contributed by atoms with Gasteiger partial charge in [0.2, 0.25) is 0 Å². The van der Waals surface area contributed by atoms with Crippen molar-refractivity contribution in [2.75, 3.05) is 64.9 Å². The van der Waals surface area contributed by atoms with Crippen LogP contribution < -0.4 is 15.0 Å². The van der Waals surface area contributed by atoms with Gasteiger partial charge in [0.15, 0.2) is 0 Å². The summed E-state index contributed by atoms with van der Waals surface area (Å²) >= 11 is 0. The highest BCUT2D eigenvalue weighted by molar-refractivity contribution is 5.96. The van der Waals surface area contributed by atoms with Gasteiger partial charge in [-0.05, 0) is 49.7 Å². The quantitative estimate of drug-likeness (QED) is 0.744. The summed E-state index contributed by atoms with van der Waals surface area (Å²) in [5.74, 6) is 0.559. The number of para-hydroxylation sites is 1. The molecule has 6 heteroatoms. The summed E-state index contributed by atoms with van der Waals surface area (Å²) in [6, 6.07) is 14.5. The number of carbonyl (C=O) groups excluding carboxylic acids is 1. The maximum absolute atomic E-state index is 13.0. The fourth-order valence-corrected chi connectivity index (χ4v) is 4.61. The molecule has 1 amide bonds. The van der Waals surface area contributed by atoms with Crippen molar-refractivity contribution in [1.82, 2.24) is 15.1 Å². The number of hydrogen-bond acceptors (Lipinski definition) is 5. The molecule has 0 bridgehead atoms. The molecule has 0 saturated carbocycles. The zero-order valence-electron chi connectivity index (χ0n) is 18.9. The number of hydrogen-bond donors (Lipinski definition) is 1. The Morgan fingerprint density at radius 2 is 1.84 bits per heavy atom. The fourth-order valence-electron chi connectivity index (χ4n) is 4.61. The first-order chi connectivity index (χ1) is 15.1. The number of amides is 1. The van der Waals surface area contributed by atoms with Crippen LogP contribution in [-0.4, -0.2) is 75.7 Å². The van der Waals surface area contributed by atoms with Crippen LogP contribution in [-0.2, 0) is 6.42 Å². The minimum Gasteiger partial charge on any atom is -0.493 e. The number of anilines is 1. The Hall–Kier alpha value is -2.57. The fraction of sp³-hybridized carbons (Fsp3) is 0.480. The van der Waals surface area contributed by atoms with Gasteiger partial charge in [-0.15, -0.1) is 0 Å². The van der Waals surface area contributed by atoms with E-state index in [1.165, 1.54) is 16.8 Å². The van der Waals surface area contributed by atoms with E-state index in [0.29, 0.717) is 24.5 Å². The normalized spacial score (nSPS) is 18.0. The van der Waals surface area contributed by atoms with Crippen molar-refractivity contribution < 1.29 is 9.53 Å². The van der Waals surface area contributed by atoms with Crippen molar-refractivity contribution >= 4 is 11.6 Å². The molecule has 2 aromatic rings. The molecule has 0 aliphatic carbocycles. The van der Waals surface area contributed by atoms with E-state index in [2.05, 4.69) is 52.3 Å². The van der Waals surface area contributed by atoms with Crippen LogP contribution in [0.5, 0.6) is 5.75 Å². The molecule has 0 radical (unpaired) electrons. The topological polar surface area (TPSA) is 48.1 Å². The number of nitrogens with one attached hydrogen (secondary N) is 1. The zero-order chi connectivity index (χ0) is 21.8. The van der Waals surface area contributed by atoms with E-state index in [0.717, 1.165) is 39.1 Å². The number of benzene rings is 2. The summed E-state index contributed by atoms with van der Waals surface area (Å²) < 4.78 is 5.66. The summed E-state index contributed by atoms with van der Waals surface area (Å²) in [6.45, 7) is 8.23. The SMILES string of the molecule is CCOc1ccccc1C(=O)NCC(c1ccc2c(c1)CCN2C)N1CCN(C)CC1. The van der Waals surface area contributed by atoms with Gasteiger partial charge in [-0.2, -0.15) is 0 Å². The average Bonchev–Trinajstić information content (AvgIpc) is 3.16. The lowest BCUT2D eigenvalue weighted by atomic mass is 10.00. The summed E-state index contributed by atoms with van der Waals surface area (Å²) in [5, 5.41) is 3.20. The van der Waals surface area contributed by atoms with E-state index in [1.807, 2.05) is 31.2 Å². The lowest BCUT2D eigenvalue weighted by Crippen LogP contribution is -2.48. The monoisotopic (exact) mass is 422 g/mol. The molecule has 2 heterocycles. The summed E-state index contributed by atoms with van der Waals surface area (Å²) in [7, 11) is 4.32. The lowest BCUT2D eigenvalue weighted by molar-refractivity contribution is 0.0883. The van der Waals surface area contributed by atoms with Gasteiger partial charge in [0, 0.05) is 52.0 Å². The molecule has 31 heavy (non-hydrogen) atoms. The summed E-state index contributed by atoms with van der Waals surface area (Å²) in [4.78, 5) is 20.2. The van der Waals surface area contributed by atoms with Crippen molar-refractivity contribution in [3.8, 4) is 5.75 Å². The first kappa shape index (κ1) is 21.7. The molecule has 1 saturated heterocycles. The highest BCUT2D eigenvalue weighted by atomic mass is 16.5. The van der Waals surface area contributed by atoms with Crippen molar-refractivity contribution in [1.29, 1.82) is 0 Å². The third kappa shape index (κ3) is 4.86. The van der Waals surface area contributed by atoms with E-state index in [-0.39, 0.29) is 11.9 Å². The number of carbonyl (C=O) groups is 1. The van der Waals surface area contributed by atoms with Gasteiger partial charge >= 0.3 is 0 Å². The third-order valence-corrected chi connectivity index (χ3v) is 6.48. The second-order valence-corrected chi connectivity index (χ2v) is 8.55. The smallest absolute Gasteiger partial charge is 0.255 e. The summed E-state index contributed by atoms with van der Waals surface area (Å²) in [5.41, 5.74) is 4.62. The minimum atomic E-state index is -0.0796. The summed E-state index contributed by atoms with van der Waals surface area (Å²) in [6.07, 6.45) is 1.09. The zero-order valence-corrected chi connectivity index (χ0v) is 18.9. The van der Waals surface area contributed by atoms with Crippen LogP contribution in [0.3, 0.4) is 0 Å². The molecule has 1 N–H and O–H groups in total. The Morgan fingerprint density at radius 1 is 1.06 bits per heavy atom. The van der Waals surface area contributed by atoms with Crippen LogP contribution in [0.25, 0.3) is 0 Å². The molecule has 0 spiro atoms. The van der Waals surface area contributed by atoms with Crippen LogP contribution in [0.4, 0.5) is 5.69 Å². The maximum atomic E-state index is 13.0.